The molecule has 1 aliphatic rings. The summed E-state index contributed by atoms with van der Waals surface area (Å²) in [4.78, 5) is 0. The Morgan fingerprint density at radius 1 is 1.23 bits per heavy atom. The molecule has 13 heavy (non-hydrogen) atoms. The number of nitrogens with one attached hydrogen (secondary N) is 2. The van der Waals surface area contributed by atoms with E-state index < -0.39 is 0 Å². The lowest BCUT2D eigenvalue weighted by molar-refractivity contribution is 0.430. The fourth-order valence-electron chi connectivity index (χ4n) is 1.63. The van der Waals surface area contributed by atoms with Crippen LogP contribution in [0.15, 0.2) is 24.3 Å². The first kappa shape index (κ1) is 9.00. The summed E-state index contributed by atoms with van der Waals surface area (Å²) in [5, 5.41) is 7.62. The molecular formula is C10H13ClN2. The van der Waals surface area contributed by atoms with E-state index in [1.807, 2.05) is 18.2 Å². The van der Waals surface area contributed by atoms with Crippen molar-refractivity contribution in [3.05, 3.63) is 34.9 Å². The lowest BCUT2D eigenvalue weighted by Gasteiger charge is -2.25. The summed E-state index contributed by atoms with van der Waals surface area (Å²) in [5.41, 5.74) is 1.19. The highest BCUT2D eigenvalue weighted by Crippen LogP contribution is 2.22. The van der Waals surface area contributed by atoms with Crippen molar-refractivity contribution in [2.45, 2.75) is 6.04 Å². The van der Waals surface area contributed by atoms with Gasteiger partial charge in [0.25, 0.3) is 0 Å². The van der Waals surface area contributed by atoms with Crippen LogP contribution in [0.5, 0.6) is 0 Å². The summed E-state index contributed by atoms with van der Waals surface area (Å²) in [6.45, 7) is 3.01. The van der Waals surface area contributed by atoms with Crippen LogP contribution in [0, 0.1) is 0 Å². The van der Waals surface area contributed by atoms with E-state index in [-0.39, 0.29) is 0 Å². The van der Waals surface area contributed by atoms with Crippen LogP contribution in [-0.2, 0) is 0 Å². The lowest BCUT2D eigenvalue weighted by atomic mass is 10.1. The molecule has 2 nitrogen and oxygen atoms in total. The Morgan fingerprint density at radius 2 is 2.08 bits per heavy atom. The van der Waals surface area contributed by atoms with Gasteiger partial charge >= 0.3 is 0 Å². The molecule has 0 bridgehead atoms. The van der Waals surface area contributed by atoms with Crippen LogP contribution < -0.4 is 10.6 Å². The predicted octanol–water partition coefficient (Wildman–Crippen LogP) is 1.57. The van der Waals surface area contributed by atoms with E-state index in [9.17, 15) is 0 Å². The average molecular weight is 197 g/mol. The Bertz CT molecular complexity index is 282. The highest BCUT2D eigenvalue weighted by atomic mass is 35.5. The van der Waals surface area contributed by atoms with E-state index in [0.29, 0.717) is 6.04 Å². The minimum atomic E-state index is 0.363. The van der Waals surface area contributed by atoms with Crippen LogP contribution in [0.25, 0.3) is 0 Å². The van der Waals surface area contributed by atoms with Crippen molar-refractivity contribution in [1.82, 2.24) is 10.6 Å². The van der Waals surface area contributed by atoms with E-state index in [1.165, 1.54) is 5.56 Å². The molecule has 0 radical (unpaired) electrons. The Morgan fingerprint density at radius 3 is 2.77 bits per heavy atom. The fourth-order valence-corrected chi connectivity index (χ4v) is 1.90. The summed E-state index contributed by atoms with van der Waals surface area (Å²) in [6.07, 6.45) is 0. The largest absolute Gasteiger partial charge is 0.314 e. The van der Waals surface area contributed by atoms with E-state index in [2.05, 4.69) is 16.7 Å². The molecule has 1 fully saturated rings. The molecule has 0 spiro atoms. The third-order valence-corrected chi connectivity index (χ3v) is 2.67. The second-order valence-corrected chi connectivity index (χ2v) is 3.64. The minimum Gasteiger partial charge on any atom is -0.314 e. The van der Waals surface area contributed by atoms with Crippen LogP contribution in [0.1, 0.15) is 11.6 Å². The highest BCUT2D eigenvalue weighted by molar-refractivity contribution is 6.31. The molecule has 2 rings (SSSR count). The van der Waals surface area contributed by atoms with Crippen molar-refractivity contribution in [2.75, 3.05) is 19.6 Å². The van der Waals surface area contributed by atoms with Gasteiger partial charge in [-0.2, -0.15) is 0 Å². The summed E-state index contributed by atoms with van der Waals surface area (Å²) < 4.78 is 0. The SMILES string of the molecule is Clc1ccccc1[C@H]1CNCCN1. The molecule has 1 aliphatic heterocycles. The van der Waals surface area contributed by atoms with Crippen molar-refractivity contribution >= 4 is 11.6 Å². The van der Waals surface area contributed by atoms with Gasteiger partial charge in [-0.15, -0.1) is 0 Å². The van der Waals surface area contributed by atoms with Gasteiger partial charge in [-0.3, -0.25) is 0 Å². The Labute approximate surface area is 83.3 Å². The zero-order chi connectivity index (χ0) is 9.10. The topological polar surface area (TPSA) is 24.1 Å². The normalized spacial score (nSPS) is 23.0. The second kappa shape index (κ2) is 4.09. The number of hydrogen-bond donors (Lipinski definition) is 2. The fraction of sp³-hybridized carbons (Fsp3) is 0.400. The number of halogens is 1. The third kappa shape index (κ3) is 2.02. The van der Waals surface area contributed by atoms with Gasteiger partial charge < -0.3 is 10.6 Å². The van der Waals surface area contributed by atoms with Gasteiger partial charge in [0.1, 0.15) is 0 Å². The van der Waals surface area contributed by atoms with Gasteiger partial charge in [-0.05, 0) is 11.6 Å². The van der Waals surface area contributed by atoms with Crippen LogP contribution in [0.3, 0.4) is 0 Å². The number of rotatable bonds is 1. The zero-order valence-electron chi connectivity index (χ0n) is 7.39. The van der Waals surface area contributed by atoms with Crippen molar-refractivity contribution in [3.8, 4) is 0 Å². The molecular weight excluding hydrogens is 184 g/mol. The summed E-state index contributed by atoms with van der Waals surface area (Å²) >= 11 is 6.09. The zero-order valence-corrected chi connectivity index (χ0v) is 8.14. The molecule has 3 heteroatoms. The van der Waals surface area contributed by atoms with Gasteiger partial charge in [0.15, 0.2) is 0 Å². The number of piperazine rings is 1. The predicted molar refractivity (Wildman–Crippen MR) is 55.1 cm³/mol. The highest BCUT2D eigenvalue weighted by Gasteiger charge is 2.15. The Balaban J connectivity index is 2.18. The first-order valence-electron chi connectivity index (χ1n) is 4.56. The third-order valence-electron chi connectivity index (χ3n) is 2.32. The first-order chi connectivity index (χ1) is 6.38. The maximum Gasteiger partial charge on any atom is 0.0462 e. The molecule has 0 aromatic heterocycles. The van der Waals surface area contributed by atoms with Gasteiger partial charge in [0.2, 0.25) is 0 Å². The molecule has 1 aromatic carbocycles. The summed E-state index contributed by atoms with van der Waals surface area (Å²) in [6, 6.07) is 8.36. The van der Waals surface area contributed by atoms with E-state index in [4.69, 9.17) is 11.6 Å². The van der Waals surface area contributed by atoms with Gasteiger partial charge in [0, 0.05) is 30.7 Å². The maximum absolute atomic E-state index is 6.09. The van der Waals surface area contributed by atoms with Crippen molar-refractivity contribution in [3.63, 3.8) is 0 Å². The smallest absolute Gasteiger partial charge is 0.0462 e. The Hall–Kier alpha value is -0.570. The molecule has 70 valence electrons. The monoisotopic (exact) mass is 196 g/mol. The molecule has 1 atom stereocenters. The van der Waals surface area contributed by atoms with Crippen LogP contribution in [-0.4, -0.2) is 19.6 Å². The van der Waals surface area contributed by atoms with Gasteiger partial charge in [0.05, 0.1) is 0 Å². The molecule has 1 saturated heterocycles. The molecule has 1 heterocycles. The van der Waals surface area contributed by atoms with E-state index >= 15 is 0 Å². The van der Waals surface area contributed by atoms with Crippen LogP contribution >= 0.6 is 11.6 Å². The molecule has 0 saturated carbocycles. The number of benzene rings is 1. The van der Waals surface area contributed by atoms with Gasteiger partial charge in [-0.1, -0.05) is 29.8 Å². The second-order valence-electron chi connectivity index (χ2n) is 3.23. The number of hydrogen-bond acceptors (Lipinski definition) is 2. The first-order valence-corrected chi connectivity index (χ1v) is 4.94. The van der Waals surface area contributed by atoms with Crippen LogP contribution in [0.2, 0.25) is 5.02 Å². The molecule has 0 amide bonds. The van der Waals surface area contributed by atoms with E-state index in [1.54, 1.807) is 0 Å². The standard InChI is InChI=1S/C10H13ClN2/c11-9-4-2-1-3-8(9)10-7-12-5-6-13-10/h1-4,10,12-13H,5-7H2/t10-/m1/s1. The quantitative estimate of drug-likeness (QED) is 0.713. The molecule has 2 N–H and O–H groups in total. The van der Waals surface area contributed by atoms with E-state index in [0.717, 1.165) is 24.7 Å². The maximum atomic E-state index is 6.09. The molecule has 0 unspecified atom stereocenters. The lowest BCUT2D eigenvalue weighted by Crippen LogP contribution is -2.42. The van der Waals surface area contributed by atoms with Crippen LogP contribution in [0.4, 0.5) is 0 Å². The summed E-state index contributed by atoms with van der Waals surface area (Å²) in [5.74, 6) is 0. The Kier molecular flexibility index (Phi) is 2.83. The van der Waals surface area contributed by atoms with Crippen molar-refractivity contribution < 1.29 is 0 Å². The summed E-state index contributed by atoms with van der Waals surface area (Å²) in [7, 11) is 0. The minimum absolute atomic E-state index is 0.363. The van der Waals surface area contributed by atoms with Gasteiger partial charge in [-0.25, -0.2) is 0 Å². The molecule has 1 aromatic rings. The van der Waals surface area contributed by atoms with Crippen molar-refractivity contribution in [2.24, 2.45) is 0 Å². The van der Waals surface area contributed by atoms with Crippen molar-refractivity contribution in [1.29, 1.82) is 0 Å². The average Bonchev–Trinajstić information content (AvgIpc) is 2.20. The molecule has 0 aliphatic carbocycles.